The van der Waals surface area contributed by atoms with Crippen molar-refractivity contribution in [2.45, 2.75) is 97.8 Å². The highest BCUT2D eigenvalue weighted by molar-refractivity contribution is 6.00. The van der Waals surface area contributed by atoms with Gasteiger partial charge in [0.1, 0.15) is 29.6 Å². The Hall–Kier alpha value is -7.69. The molecule has 7 rings (SSSR count). The number of anilines is 1. The molecule has 2 aliphatic heterocycles. The van der Waals surface area contributed by atoms with E-state index in [1.807, 2.05) is 37.2 Å². The molecule has 3 atom stereocenters. The lowest BCUT2D eigenvalue weighted by Gasteiger charge is -2.36. The fourth-order valence-electron chi connectivity index (χ4n) is 9.56. The molecule has 0 spiro atoms. The number of cyclic esters (lactones) is 1. The zero-order valence-corrected chi connectivity index (χ0v) is 45.2. The number of rotatable bonds is 13. The number of aromatic nitrogens is 3. The monoisotopic (exact) mass is 1080 g/mol. The van der Waals surface area contributed by atoms with E-state index in [2.05, 4.69) is 64.6 Å². The first-order valence-corrected chi connectivity index (χ1v) is 25.4. The number of carbonyl (C=O) groups is 6. The standard InChI is InChI=1S/C54H67N9O8.C2HF3O2/c1-10-62-46-20-17-35-28-40(46)41(49(62)39-14-11-21-55-45(39)31-70-9)29-54(4,5)32-71-53(69)43-15-12-23-63(59-43)52(68)44(26-34-24-36(35)27-38(64)25-34)58-50(66)48(33(2)3)61(8)51(67)42-19-18-37(30-56-42)57-47(65)16-13-22-60(6)7;3-2(4,5)1(6)7/h11,13-14,16-21,24-25,27-28,30,33,43-44,48,59,64H,10,12,15,22-23,26,29,31-32H2,1-9H3,(H,57,65)(H,58,66);(H,6,7)/b16-13+;/t43-,44-,48-;/m0./s1. The smallest absolute Gasteiger partial charge is 0.490 e. The average molecular weight is 1080 g/mol. The number of pyridine rings is 2. The van der Waals surface area contributed by atoms with Crippen molar-refractivity contribution in [1.82, 2.24) is 40.1 Å². The van der Waals surface area contributed by atoms with Gasteiger partial charge in [-0.3, -0.25) is 34.0 Å². The molecule has 0 unspecified atom stereocenters. The molecule has 4 amide bonds. The zero-order chi connectivity index (χ0) is 57.2. The number of phenols is 1. The first-order chi connectivity index (χ1) is 36.8. The Bertz CT molecular complexity index is 3030. The van der Waals surface area contributed by atoms with Crippen LogP contribution >= 0.6 is 0 Å². The van der Waals surface area contributed by atoms with E-state index in [-0.39, 0.29) is 36.9 Å². The number of likely N-dealkylation sites (N-methyl/N-ethyl adjacent to an activating group) is 2. The van der Waals surface area contributed by atoms with Gasteiger partial charge in [0.2, 0.25) is 11.8 Å². The van der Waals surface area contributed by atoms with Crippen molar-refractivity contribution in [2.75, 3.05) is 53.3 Å². The van der Waals surface area contributed by atoms with Crippen molar-refractivity contribution < 1.29 is 61.6 Å². The largest absolute Gasteiger partial charge is 0.508 e. The molecule has 22 heteroatoms. The number of esters is 1. The predicted molar refractivity (Wildman–Crippen MR) is 286 cm³/mol. The Kier molecular flexibility index (Phi) is 19.6. The summed E-state index contributed by atoms with van der Waals surface area (Å²) in [6.45, 7) is 11.7. The van der Waals surface area contributed by atoms with Gasteiger partial charge in [-0.1, -0.05) is 45.9 Å². The van der Waals surface area contributed by atoms with E-state index in [0.29, 0.717) is 55.8 Å². The Morgan fingerprint density at radius 2 is 1.76 bits per heavy atom. The minimum Gasteiger partial charge on any atom is -0.508 e. The van der Waals surface area contributed by atoms with Gasteiger partial charge in [0, 0.05) is 74.4 Å². The number of hydrogen-bond donors (Lipinski definition) is 5. The summed E-state index contributed by atoms with van der Waals surface area (Å²) in [5.74, 6) is -5.67. The van der Waals surface area contributed by atoms with E-state index in [9.17, 15) is 42.3 Å². The summed E-state index contributed by atoms with van der Waals surface area (Å²) in [6, 6.07) is 15.3. The number of phenolic OH excluding ortho intramolecular Hbond substituents is 1. The van der Waals surface area contributed by atoms with Crippen LogP contribution in [0, 0.1) is 11.3 Å². The number of nitrogens with one attached hydrogen (secondary N) is 3. The van der Waals surface area contributed by atoms with E-state index < -0.39 is 65.3 Å². The van der Waals surface area contributed by atoms with Gasteiger partial charge in [-0.25, -0.2) is 15.2 Å². The van der Waals surface area contributed by atoms with Crippen LogP contribution in [0.1, 0.15) is 74.8 Å². The van der Waals surface area contributed by atoms with E-state index in [4.69, 9.17) is 24.4 Å². The maximum absolute atomic E-state index is 14.8. The second kappa shape index (κ2) is 25.6. The number of carboxylic acid groups (broad SMARTS) is 1. The van der Waals surface area contributed by atoms with Crippen molar-refractivity contribution in [2.24, 2.45) is 11.3 Å². The lowest BCUT2D eigenvalue weighted by atomic mass is 9.84. The molecule has 5 N–H and O–H groups in total. The Balaban J connectivity index is 0.00000131. The number of nitrogens with zero attached hydrogens (tertiary/aromatic N) is 6. The second-order valence-corrected chi connectivity index (χ2v) is 20.6. The van der Waals surface area contributed by atoms with E-state index in [1.54, 1.807) is 51.4 Å². The van der Waals surface area contributed by atoms with E-state index in [1.165, 1.54) is 35.3 Å². The number of halogens is 3. The third kappa shape index (κ3) is 14.9. The van der Waals surface area contributed by atoms with Gasteiger partial charge < -0.3 is 44.7 Å². The molecule has 78 heavy (non-hydrogen) atoms. The number of hydrazine groups is 1. The maximum Gasteiger partial charge on any atom is 0.490 e. The number of carbonyl (C=O) groups excluding carboxylic acids is 5. The molecule has 6 bridgehead atoms. The molecule has 2 aromatic carbocycles. The summed E-state index contributed by atoms with van der Waals surface area (Å²) in [4.78, 5) is 90.8. The summed E-state index contributed by atoms with van der Waals surface area (Å²) < 4.78 is 45.7. The lowest BCUT2D eigenvalue weighted by molar-refractivity contribution is -0.192. The number of alkyl halides is 3. The molecule has 2 aliphatic rings. The highest BCUT2D eigenvalue weighted by Gasteiger charge is 2.39. The molecule has 1 fully saturated rings. The van der Waals surface area contributed by atoms with Crippen LogP contribution in [0.5, 0.6) is 5.75 Å². The molecule has 3 aromatic heterocycles. The van der Waals surface area contributed by atoms with Gasteiger partial charge in [-0.2, -0.15) is 13.2 Å². The van der Waals surface area contributed by atoms with Crippen LogP contribution in [-0.2, 0) is 59.4 Å². The summed E-state index contributed by atoms with van der Waals surface area (Å²) in [7, 11) is 6.94. The Labute approximate surface area is 450 Å². The molecular formula is C56H68F3N9O10. The highest BCUT2D eigenvalue weighted by atomic mass is 19.4. The molecule has 19 nitrogen and oxygen atoms in total. The SMILES string of the molecule is CCn1c(-c2cccnc2COC)c2c3cc(ccc31)-c1cc(O)cc(c1)C[C@H](NC(=O)[C@H](C(C)C)N(C)C(=O)c1ccc(NC(=O)/C=C/CN(C)C)cn1)C(=O)N1CCC[C@H](N1)C(=O)OCC(C)(C)C2.O=C(O)C(F)(F)F. The van der Waals surface area contributed by atoms with E-state index >= 15 is 0 Å². The van der Waals surface area contributed by atoms with Gasteiger partial charge in [0.05, 0.1) is 36.5 Å². The molecule has 1 saturated heterocycles. The van der Waals surface area contributed by atoms with Crippen molar-refractivity contribution in [1.29, 1.82) is 0 Å². The number of aromatic hydroxyl groups is 1. The summed E-state index contributed by atoms with van der Waals surface area (Å²) >= 11 is 0. The number of aryl methyl sites for hydroxylation is 1. The van der Waals surface area contributed by atoms with Crippen LogP contribution in [-0.4, -0.2) is 147 Å². The number of carboxylic acids is 1. The number of benzene rings is 2. The molecular weight excluding hydrogens is 1020 g/mol. The van der Waals surface area contributed by atoms with E-state index in [0.717, 1.165) is 39.0 Å². The zero-order valence-electron chi connectivity index (χ0n) is 45.2. The molecule has 0 aliphatic carbocycles. The van der Waals surface area contributed by atoms with Gasteiger partial charge >= 0.3 is 18.1 Å². The molecule has 5 heterocycles. The number of fused-ring (bicyclic) bond motifs is 6. The van der Waals surface area contributed by atoms with Crippen LogP contribution in [0.25, 0.3) is 33.3 Å². The first kappa shape index (κ1) is 59.6. The normalized spacial score (nSPS) is 17.2. The third-order valence-electron chi connectivity index (χ3n) is 13.1. The van der Waals surface area contributed by atoms with Crippen molar-refractivity contribution in [3.05, 3.63) is 108 Å². The number of aliphatic carboxylic acids is 1. The van der Waals surface area contributed by atoms with Crippen LogP contribution in [0.15, 0.2) is 85.2 Å². The summed E-state index contributed by atoms with van der Waals surface area (Å²) in [5, 5.41) is 26.5. The topological polar surface area (TPSA) is 238 Å². The summed E-state index contributed by atoms with van der Waals surface area (Å²) in [5.41, 5.74) is 9.86. The van der Waals surface area contributed by atoms with Crippen molar-refractivity contribution in [3.63, 3.8) is 0 Å². The van der Waals surface area contributed by atoms with Gasteiger partial charge in [0.15, 0.2) is 0 Å². The number of hydrogen-bond acceptors (Lipinski definition) is 13. The Morgan fingerprint density at radius 3 is 2.40 bits per heavy atom. The minimum atomic E-state index is -5.08. The fourth-order valence-corrected chi connectivity index (χ4v) is 9.56. The van der Waals surface area contributed by atoms with Crippen LogP contribution in [0.3, 0.4) is 0 Å². The Morgan fingerprint density at radius 1 is 1.03 bits per heavy atom. The minimum absolute atomic E-state index is 0.0274. The number of amides is 4. The third-order valence-corrected chi connectivity index (χ3v) is 13.1. The van der Waals surface area contributed by atoms with Crippen molar-refractivity contribution in [3.8, 4) is 28.1 Å². The van der Waals surface area contributed by atoms with Crippen LogP contribution < -0.4 is 16.1 Å². The average Bonchev–Trinajstić information content (AvgIpc) is 3.73. The fraction of sp³-hybridized carbons (Fsp3) is 0.429. The molecule has 0 saturated carbocycles. The molecule has 5 aromatic rings. The van der Waals surface area contributed by atoms with Crippen LogP contribution in [0.4, 0.5) is 18.9 Å². The van der Waals surface area contributed by atoms with Gasteiger partial charge in [0.25, 0.3) is 11.8 Å². The second-order valence-electron chi connectivity index (χ2n) is 20.6. The van der Waals surface area contributed by atoms with Crippen molar-refractivity contribution >= 4 is 52.2 Å². The molecule has 418 valence electrons. The maximum atomic E-state index is 14.8. The lowest BCUT2D eigenvalue weighted by Crippen LogP contribution is -2.62. The molecule has 0 radical (unpaired) electrons. The quantitative estimate of drug-likeness (QED) is 0.0605. The highest BCUT2D eigenvalue weighted by Crippen LogP contribution is 2.41. The first-order valence-electron chi connectivity index (χ1n) is 25.4. The van der Waals surface area contributed by atoms with Crippen LogP contribution in [0.2, 0.25) is 0 Å². The number of methoxy groups -OCH3 is 1. The summed E-state index contributed by atoms with van der Waals surface area (Å²) in [6.07, 6.45) is 2.61. The van der Waals surface area contributed by atoms with Gasteiger partial charge in [-0.15, -0.1) is 0 Å². The number of ether oxygens (including phenoxy) is 2. The predicted octanol–water partition coefficient (Wildman–Crippen LogP) is 6.77. The van der Waals surface area contributed by atoms with Gasteiger partial charge in [-0.05, 0) is 117 Å².